The molecule has 0 spiro atoms. The van der Waals surface area contributed by atoms with Crippen molar-refractivity contribution in [2.75, 3.05) is 25.5 Å². The third-order valence-corrected chi connectivity index (χ3v) is 7.10. The molecule has 4 rings (SSSR count). The van der Waals surface area contributed by atoms with Gasteiger partial charge in [0, 0.05) is 13.0 Å². The average Bonchev–Trinajstić information content (AvgIpc) is 3.48. The normalized spacial score (nSPS) is 26.4. The molecule has 1 saturated carbocycles. The standard InChI is InChI=1S/C27H38N6O7/c1-4-29-25(36)22-20(34)21(35)26(40-22)33-14-30-19-23(28)31-18(32-24(19)33)7-5-6-16-8-10-17(11-9-16)13-39-27(37)38-12-15(2)3/h14-17,20-22,26,34-35H,4,6,8-13H2,1-3H3,(H,29,36)(H2,28,31,32)/t16?,17?,20-,21?,22+,26-/m1/s1. The molecule has 0 radical (unpaired) electrons. The molecule has 1 amide bonds. The van der Waals surface area contributed by atoms with Crippen molar-refractivity contribution in [3.63, 3.8) is 0 Å². The number of rotatable bonds is 8. The van der Waals surface area contributed by atoms with Crippen LogP contribution in [0.4, 0.5) is 10.6 Å². The molecule has 4 atom stereocenters. The Balaban J connectivity index is 1.35. The van der Waals surface area contributed by atoms with Crippen molar-refractivity contribution >= 4 is 29.0 Å². The molecular formula is C27H38N6O7. The lowest BCUT2D eigenvalue weighted by molar-refractivity contribution is -0.137. The zero-order chi connectivity index (χ0) is 28.8. The first kappa shape index (κ1) is 29.5. The summed E-state index contributed by atoms with van der Waals surface area (Å²) in [6, 6.07) is 0. The lowest BCUT2D eigenvalue weighted by atomic mass is 9.81. The number of carbonyl (C=O) groups is 2. The van der Waals surface area contributed by atoms with E-state index in [4.69, 9.17) is 19.9 Å². The number of nitrogens with one attached hydrogen (secondary N) is 1. The van der Waals surface area contributed by atoms with Gasteiger partial charge in [0.1, 0.15) is 17.7 Å². The molecule has 3 heterocycles. The van der Waals surface area contributed by atoms with E-state index in [1.54, 1.807) is 6.92 Å². The molecule has 2 aliphatic rings. The Bertz CT molecular complexity index is 1250. The first-order chi connectivity index (χ1) is 19.2. The number of anilines is 1. The minimum Gasteiger partial charge on any atom is -0.434 e. The van der Waals surface area contributed by atoms with Gasteiger partial charge in [-0.2, -0.15) is 0 Å². The maximum absolute atomic E-state index is 12.2. The number of amides is 1. The number of likely N-dealkylation sites (N-methyl/N-ethyl adjacent to an activating group) is 1. The number of nitrogens with zero attached hydrogens (tertiary/aromatic N) is 4. The zero-order valence-corrected chi connectivity index (χ0v) is 23.1. The smallest absolute Gasteiger partial charge is 0.434 e. The first-order valence-corrected chi connectivity index (χ1v) is 13.8. The number of hydrogen-bond acceptors (Lipinski definition) is 11. The van der Waals surface area contributed by atoms with E-state index >= 15 is 0 Å². The fourth-order valence-electron chi connectivity index (χ4n) is 4.90. The van der Waals surface area contributed by atoms with Crippen LogP contribution in [0.1, 0.15) is 64.9 Å². The second-order valence-electron chi connectivity index (χ2n) is 10.7. The summed E-state index contributed by atoms with van der Waals surface area (Å²) in [6.07, 6.45) is 0.136. The highest BCUT2D eigenvalue weighted by atomic mass is 16.7. The van der Waals surface area contributed by atoms with E-state index in [2.05, 4.69) is 32.1 Å². The Kier molecular flexibility index (Phi) is 9.78. The SMILES string of the molecule is CCNC(=O)[C@H]1O[C@@H](n2cnc3c(N)nc(C#CCC4CCC(COC(=O)OCC(C)C)CC4)nc32)C(O)[C@H]1O. The van der Waals surface area contributed by atoms with E-state index in [1.165, 1.54) is 10.9 Å². The summed E-state index contributed by atoms with van der Waals surface area (Å²) < 4.78 is 17.4. The predicted octanol–water partition coefficient (Wildman–Crippen LogP) is 1.52. The highest BCUT2D eigenvalue weighted by molar-refractivity contribution is 5.83. The number of hydrogen-bond donors (Lipinski definition) is 4. The van der Waals surface area contributed by atoms with E-state index in [0.29, 0.717) is 43.5 Å². The summed E-state index contributed by atoms with van der Waals surface area (Å²) in [7, 11) is 0. The Morgan fingerprint density at radius 1 is 1.18 bits per heavy atom. The first-order valence-electron chi connectivity index (χ1n) is 13.8. The van der Waals surface area contributed by atoms with Crippen LogP contribution >= 0.6 is 0 Å². The van der Waals surface area contributed by atoms with Crippen LogP contribution < -0.4 is 11.1 Å². The summed E-state index contributed by atoms with van der Waals surface area (Å²) in [6.45, 7) is 6.77. The molecule has 1 aliphatic heterocycles. The van der Waals surface area contributed by atoms with Gasteiger partial charge < -0.3 is 35.5 Å². The summed E-state index contributed by atoms with van der Waals surface area (Å²) in [5.41, 5.74) is 6.68. The number of nitrogen functional groups attached to an aromatic ring is 1. The van der Waals surface area contributed by atoms with Crippen LogP contribution in [0.3, 0.4) is 0 Å². The molecule has 2 aromatic heterocycles. The van der Waals surface area contributed by atoms with Crippen LogP contribution in [0.2, 0.25) is 0 Å². The van der Waals surface area contributed by atoms with Crippen molar-refractivity contribution in [2.45, 2.75) is 77.4 Å². The number of nitrogens with two attached hydrogens (primary N) is 1. The predicted molar refractivity (Wildman–Crippen MR) is 143 cm³/mol. The molecular weight excluding hydrogens is 520 g/mol. The number of aromatic nitrogens is 4. The second-order valence-corrected chi connectivity index (χ2v) is 10.7. The number of aliphatic hydroxyl groups is 2. The van der Waals surface area contributed by atoms with Crippen LogP contribution in [0.15, 0.2) is 6.33 Å². The minimum atomic E-state index is -1.42. The molecule has 1 unspecified atom stereocenters. The van der Waals surface area contributed by atoms with Gasteiger partial charge in [-0.1, -0.05) is 19.8 Å². The number of aliphatic hydroxyl groups excluding tert-OH is 2. The Morgan fingerprint density at radius 3 is 2.60 bits per heavy atom. The van der Waals surface area contributed by atoms with Gasteiger partial charge >= 0.3 is 6.16 Å². The topological polar surface area (TPSA) is 184 Å². The van der Waals surface area contributed by atoms with Crippen LogP contribution in [0.25, 0.3) is 11.2 Å². The lowest BCUT2D eigenvalue weighted by Crippen LogP contribution is -2.42. The number of fused-ring (bicyclic) bond motifs is 1. The van der Waals surface area contributed by atoms with Gasteiger partial charge in [0.05, 0.1) is 19.5 Å². The number of ether oxygens (including phenoxy) is 3. The van der Waals surface area contributed by atoms with E-state index in [0.717, 1.165) is 25.7 Å². The summed E-state index contributed by atoms with van der Waals surface area (Å²) in [4.78, 5) is 36.9. The molecule has 5 N–H and O–H groups in total. The summed E-state index contributed by atoms with van der Waals surface area (Å²) in [5, 5.41) is 23.5. The van der Waals surface area contributed by atoms with Crippen LogP contribution in [-0.4, -0.2) is 79.9 Å². The molecule has 2 aromatic rings. The van der Waals surface area contributed by atoms with Gasteiger partial charge in [-0.25, -0.2) is 19.7 Å². The molecule has 1 saturated heterocycles. The maximum Gasteiger partial charge on any atom is 0.508 e. The molecule has 2 fully saturated rings. The van der Waals surface area contributed by atoms with E-state index in [9.17, 15) is 19.8 Å². The monoisotopic (exact) mass is 558 g/mol. The number of imidazole rings is 1. The second kappa shape index (κ2) is 13.3. The minimum absolute atomic E-state index is 0.119. The molecule has 13 heteroatoms. The fraction of sp³-hybridized carbons (Fsp3) is 0.667. The Morgan fingerprint density at radius 2 is 1.90 bits per heavy atom. The third-order valence-electron chi connectivity index (χ3n) is 7.10. The molecule has 40 heavy (non-hydrogen) atoms. The van der Waals surface area contributed by atoms with Crippen molar-refractivity contribution in [1.29, 1.82) is 0 Å². The van der Waals surface area contributed by atoms with E-state index in [-0.39, 0.29) is 23.2 Å². The van der Waals surface area contributed by atoms with Crippen LogP contribution in [0.5, 0.6) is 0 Å². The van der Waals surface area contributed by atoms with Crippen molar-refractivity contribution in [2.24, 2.45) is 17.8 Å². The molecule has 13 nitrogen and oxygen atoms in total. The van der Waals surface area contributed by atoms with E-state index < -0.39 is 36.6 Å². The van der Waals surface area contributed by atoms with Gasteiger partial charge in [0.2, 0.25) is 5.82 Å². The van der Waals surface area contributed by atoms with Crippen molar-refractivity contribution < 1.29 is 34.0 Å². The molecule has 1 aliphatic carbocycles. The summed E-state index contributed by atoms with van der Waals surface area (Å²) in [5.74, 6) is 6.92. The van der Waals surface area contributed by atoms with Crippen LogP contribution in [-0.2, 0) is 19.0 Å². The summed E-state index contributed by atoms with van der Waals surface area (Å²) >= 11 is 0. The Hall–Kier alpha value is -3.47. The van der Waals surface area contributed by atoms with Gasteiger partial charge in [0.15, 0.2) is 23.8 Å². The van der Waals surface area contributed by atoms with E-state index in [1.807, 2.05) is 13.8 Å². The Labute approximate surface area is 232 Å². The van der Waals surface area contributed by atoms with Crippen molar-refractivity contribution in [3.05, 3.63) is 12.2 Å². The van der Waals surface area contributed by atoms with Crippen molar-refractivity contribution in [1.82, 2.24) is 24.8 Å². The zero-order valence-electron chi connectivity index (χ0n) is 23.1. The van der Waals surface area contributed by atoms with Gasteiger partial charge in [-0.15, -0.1) is 0 Å². The molecule has 0 aromatic carbocycles. The largest absolute Gasteiger partial charge is 0.508 e. The fourth-order valence-corrected chi connectivity index (χ4v) is 4.90. The van der Waals surface area contributed by atoms with Crippen LogP contribution in [0, 0.1) is 29.6 Å². The molecule has 218 valence electrons. The third kappa shape index (κ3) is 6.99. The highest BCUT2D eigenvalue weighted by Gasteiger charge is 2.47. The lowest BCUT2D eigenvalue weighted by Gasteiger charge is -2.26. The highest BCUT2D eigenvalue weighted by Crippen LogP contribution is 2.33. The van der Waals surface area contributed by atoms with Crippen molar-refractivity contribution in [3.8, 4) is 11.8 Å². The molecule has 0 bridgehead atoms. The maximum atomic E-state index is 12.2. The average molecular weight is 559 g/mol. The van der Waals surface area contributed by atoms with Gasteiger partial charge in [-0.05, 0) is 56.3 Å². The van der Waals surface area contributed by atoms with Gasteiger partial charge in [-0.3, -0.25) is 9.36 Å². The van der Waals surface area contributed by atoms with Gasteiger partial charge in [0.25, 0.3) is 5.91 Å². The number of carbonyl (C=O) groups excluding carboxylic acids is 2. The quantitative estimate of drug-likeness (QED) is 0.272.